The number of anilines is 3. The minimum atomic E-state index is -0.463. The highest BCUT2D eigenvalue weighted by Crippen LogP contribution is 2.29. The molecule has 0 bridgehead atoms. The third-order valence-electron chi connectivity index (χ3n) is 4.73. The van der Waals surface area contributed by atoms with Crippen molar-refractivity contribution >= 4 is 51.8 Å². The molecule has 2 aromatic heterocycles. The molecule has 0 aliphatic rings. The fraction of sp³-hybridized carbons (Fsp3) is 0.304. The van der Waals surface area contributed by atoms with E-state index in [-0.39, 0.29) is 11.3 Å². The molecule has 1 amide bonds. The predicted octanol–water partition coefficient (Wildman–Crippen LogP) is 4.17. The van der Waals surface area contributed by atoms with Crippen LogP contribution in [0.3, 0.4) is 0 Å². The molecule has 3 aromatic rings. The maximum atomic E-state index is 12.8. The van der Waals surface area contributed by atoms with Gasteiger partial charge in [-0.15, -0.1) is 0 Å². The Balaban J connectivity index is 1.87. The standard InChI is InChI=1S/C23H27ClN8O2/c1-23(2,3)17(34-6)10-18(25)30-21(33)13-7-8-14(24)15(9-13)29-20-19-16(27-12-28-20)11-26-22(31-19)32(4)5/h7-12H,1-6H3,(H2,25,30,33)(H,27,28,29)/b17-10-. The number of amides is 1. The number of halogens is 1. The molecule has 11 heteroatoms. The third-order valence-corrected chi connectivity index (χ3v) is 5.06. The smallest absolute Gasteiger partial charge is 0.256 e. The van der Waals surface area contributed by atoms with E-state index in [2.05, 4.69) is 30.6 Å². The van der Waals surface area contributed by atoms with Gasteiger partial charge >= 0.3 is 0 Å². The number of hydrogen-bond acceptors (Lipinski definition) is 9. The molecule has 34 heavy (non-hydrogen) atoms. The highest BCUT2D eigenvalue weighted by atomic mass is 35.5. The Morgan fingerprint density at radius 1 is 1.21 bits per heavy atom. The first-order chi connectivity index (χ1) is 16.0. The topological polar surface area (TPSA) is 129 Å². The van der Waals surface area contributed by atoms with Gasteiger partial charge < -0.3 is 20.3 Å². The van der Waals surface area contributed by atoms with Gasteiger partial charge in [-0.3, -0.25) is 10.2 Å². The van der Waals surface area contributed by atoms with Crippen molar-refractivity contribution in [2.75, 3.05) is 31.4 Å². The van der Waals surface area contributed by atoms with Crippen LogP contribution in [0.25, 0.3) is 11.0 Å². The molecular formula is C23H27ClN8O2. The van der Waals surface area contributed by atoms with Crippen molar-refractivity contribution in [2.45, 2.75) is 20.8 Å². The van der Waals surface area contributed by atoms with Gasteiger partial charge in [-0.1, -0.05) is 32.4 Å². The lowest BCUT2D eigenvalue weighted by molar-refractivity contribution is 0.0977. The number of nitrogens with zero attached hydrogens (tertiary/aromatic N) is 5. The summed E-state index contributed by atoms with van der Waals surface area (Å²) in [5.41, 5.74) is 1.52. The van der Waals surface area contributed by atoms with Gasteiger partial charge in [0.2, 0.25) is 5.95 Å². The predicted molar refractivity (Wildman–Crippen MR) is 134 cm³/mol. The molecule has 0 spiro atoms. The fourth-order valence-corrected chi connectivity index (χ4v) is 3.15. The molecule has 178 valence electrons. The molecule has 0 radical (unpaired) electrons. The van der Waals surface area contributed by atoms with Crippen molar-refractivity contribution in [1.82, 2.24) is 25.3 Å². The van der Waals surface area contributed by atoms with Gasteiger partial charge in [-0.25, -0.2) is 19.9 Å². The normalized spacial score (nSPS) is 11.8. The zero-order chi connectivity index (χ0) is 25.0. The van der Waals surface area contributed by atoms with Crippen LogP contribution in [0.15, 0.2) is 42.6 Å². The van der Waals surface area contributed by atoms with Crippen molar-refractivity contribution in [2.24, 2.45) is 5.41 Å². The first kappa shape index (κ1) is 24.8. The number of fused-ring (bicyclic) bond motifs is 1. The van der Waals surface area contributed by atoms with Crippen LogP contribution in [0.1, 0.15) is 31.1 Å². The lowest BCUT2D eigenvalue weighted by Crippen LogP contribution is -2.29. The Hall–Kier alpha value is -3.79. The van der Waals surface area contributed by atoms with Gasteiger partial charge in [0.15, 0.2) is 5.82 Å². The van der Waals surface area contributed by atoms with Crippen molar-refractivity contribution in [3.8, 4) is 0 Å². The Morgan fingerprint density at radius 2 is 1.94 bits per heavy atom. The number of aromatic nitrogens is 4. The second-order valence-electron chi connectivity index (χ2n) is 8.67. The number of hydrogen-bond donors (Lipinski definition) is 3. The Kier molecular flexibility index (Phi) is 7.31. The zero-order valence-corrected chi connectivity index (χ0v) is 20.7. The zero-order valence-electron chi connectivity index (χ0n) is 19.9. The molecule has 0 fully saturated rings. The van der Waals surface area contributed by atoms with E-state index >= 15 is 0 Å². The number of methoxy groups -OCH3 is 1. The molecule has 0 atom stereocenters. The third kappa shape index (κ3) is 5.76. The summed E-state index contributed by atoms with van der Waals surface area (Å²) in [5.74, 6) is 0.944. The van der Waals surface area contributed by atoms with Crippen molar-refractivity contribution < 1.29 is 9.53 Å². The SMILES string of the molecule is CO/C(=C\C(=N)NC(=O)c1ccc(Cl)c(Nc2ncnc3cnc(N(C)C)nc23)c1)C(C)(C)C. The molecule has 3 N–H and O–H groups in total. The van der Waals surface area contributed by atoms with Gasteiger partial charge in [0.25, 0.3) is 5.91 Å². The quantitative estimate of drug-likeness (QED) is 0.271. The maximum absolute atomic E-state index is 12.8. The van der Waals surface area contributed by atoms with E-state index in [1.54, 1.807) is 29.3 Å². The second-order valence-corrected chi connectivity index (χ2v) is 9.08. The highest BCUT2D eigenvalue weighted by Gasteiger charge is 2.19. The number of carbonyl (C=O) groups is 1. The average Bonchev–Trinajstić information content (AvgIpc) is 2.77. The van der Waals surface area contributed by atoms with E-state index in [1.807, 2.05) is 34.9 Å². The number of ether oxygens (including phenoxy) is 1. The first-order valence-electron chi connectivity index (χ1n) is 10.4. The Morgan fingerprint density at radius 3 is 2.59 bits per heavy atom. The molecule has 0 aliphatic heterocycles. The molecule has 0 saturated carbocycles. The minimum Gasteiger partial charge on any atom is -0.500 e. The second kappa shape index (κ2) is 10.0. The molecule has 1 aromatic carbocycles. The lowest BCUT2D eigenvalue weighted by atomic mass is 9.93. The van der Waals surface area contributed by atoms with Crippen LogP contribution in [0.4, 0.5) is 17.5 Å². The molecule has 0 unspecified atom stereocenters. The van der Waals surface area contributed by atoms with Crippen LogP contribution in [0.2, 0.25) is 5.02 Å². The van der Waals surface area contributed by atoms with Gasteiger partial charge in [0, 0.05) is 31.1 Å². The monoisotopic (exact) mass is 482 g/mol. The highest BCUT2D eigenvalue weighted by molar-refractivity contribution is 6.33. The van der Waals surface area contributed by atoms with Crippen LogP contribution in [0, 0.1) is 10.8 Å². The maximum Gasteiger partial charge on any atom is 0.256 e. The van der Waals surface area contributed by atoms with E-state index < -0.39 is 5.91 Å². The van der Waals surface area contributed by atoms with E-state index in [1.165, 1.54) is 19.5 Å². The summed E-state index contributed by atoms with van der Waals surface area (Å²) < 4.78 is 5.35. The average molecular weight is 483 g/mol. The van der Waals surface area contributed by atoms with E-state index in [4.69, 9.17) is 21.7 Å². The van der Waals surface area contributed by atoms with Crippen LogP contribution < -0.4 is 15.5 Å². The van der Waals surface area contributed by atoms with Crippen LogP contribution in [-0.4, -0.2) is 52.9 Å². The lowest BCUT2D eigenvalue weighted by Gasteiger charge is -2.21. The van der Waals surface area contributed by atoms with E-state index in [0.717, 1.165) is 0 Å². The van der Waals surface area contributed by atoms with Gasteiger partial charge in [0.05, 0.1) is 24.0 Å². The number of benzene rings is 1. The molecular weight excluding hydrogens is 456 g/mol. The number of carbonyl (C=O) groups excluding carboxylic acids is 1. The van der Waals surface area contributed by atoms with E-state index in [0.29, 0.717) is 44.8 Å². The number of rotatable bonds is 6. The van der Waals surface area contributed by atoms with Crippen molar-refractivity contribution in [1.29, 1.82) is 5.41 Å². The molecule has 3 rings (SSSR count). The Labute approximate surface area is 202 Å². The summed E-state index contributed by atoms with van der Waals surface area (Å²) in [6.07, 6.45) is 4.49. The minimum absolute atomic E-state index is 0.0871. The van der Waals surface area contributed by atoms with E-state index in [9.17, 15) is 4.79 Å². The summed E-state index contributed by atoms with van der Waals surface area (Å²) >= 11 is 6.38. The summed E-state index contributed by atoms with van der Waals surface area (Å²) in [5, 5.41) is 14.2. The Bertz CT molecular complexity index is 1270. The van der Waals surface area contributed by atoms with Crippen molar-refractivity contribution in [3.05, 3.63) is 53.1 Å². The van der Waals surface area contributed by atoms with Crippen molar-refractivity contribution in [3.63, 3.8) is 0 Å². The molecule has 10 nitrogen and oxygen atoms in total. The van der Waals surface area contributed by atoms with Crippen LogP contribution in [-0.2, 0) is 4.74 Å². The van der Waals surface area contributed by atoms with Gasteiger partial charge in [-0.2, -0.15) is 0 Å². The molecule has 0 aliphatic carbocycles. The number of allylic oxidation sites excluding steroid dienone is 1. The van der Waals surface area contributed by atoms with Gasteiger partial charge in [-0.05, 0) is 18.2 Å². The molecule has 0 saturated heterocycles. The van der Waals surface area contributed by atoms with Gasteiger partial charge in [0.1, 0.15) is 29.0 Å². The van der Waals surface area contributed by atoms with Crippen LogP contribution in [0.5, 0.6) is 0 Å². The largest absolute Gasteiger partial charge is 0.500 e. The van der Waals surface area contributed by atoms with Crippen LogP contribution >= 0.6 is 11.6 Å². The summed E-state index contributed by atoms with van der Waals surface area (Å²) in [6.45, 7) is 5.87. The summed E-state index contributed by atoms with van der Waals surface area (Å²) in [6, 6.07) is 4.75. The molecule has 2 heterocycles. The first-order valence-corrected chi connectivity index (χ1v) is 10.7. The summed E-state index contributed by atoms with van der Waals surface area (Å²) in [4.78, 5) is 31.8. The number of amidine groups is 1. The fourth-order valence-electron chi connectivity index (χ4n) is 2.98. The summed E-state index contributed by atoms with van der Waals surface area (Å²) in [7, 11) is 5.20. The number of nitrogens with one attached hydrogen (secondary N) is 3.